The molecule has 0 saturated carbocycles. The largest absolute Gasteiger partial charge is 0.335 e. The first-order chi connectivity index (χ1) is 7.74. The molecule has 3 nitrogen and oxygen atoms in total. The average molecular weight is 223 g/mol. The molecule has 1 aromatic rings. The average Bonchev–Trinajstić information content (AvgIpc) is 2.65. The van der Waals surface area contributed by atoms with Crippen LogP contribution >= 0.6 is 0 Å². The highest BCUT2D eigenvalue weighted by molar-refractivity contribution is 4.92. The second-order valence-corrected chi connectivity index (χ2v) is 4.74. The summed E-state index contributed by atoms with van der Waals surface area (Å²) in [7, 11) is 0. The highest BCUT2D eigenvalue weighted by Gasteiger charge is 2.00. The Kier molecular flexibility index (Phi) is 6.16. The number of rotatable bonds is 8. The van der Waals surface area contributed by atoms with Gasteiger partial charge in [0.05, 0.1) is 0 Å². The van der Waals surface area contributed by atoms with Crippen LogP contribution in [0.4, 0.5) is 0 Å². The van der Waals surface area contributed by atoms with Crippen LogP contribution in [0.3, 0.4) is 0 Å². The molecule has 0 amide bonds. The lowest BCUT2D eigenvalue weighted by Crippen LogP contribution is -2.21. The summed E-state index contributed by atoms with van der Waals surface area (Å²) in [5, 5.41) is 3.46. The number of imidazole rings is 1. The molecule has 1 rings (SSSR count). The Bertz CT molecular complexity index is 278. The van der Waals surface area contributed by atoms with E-state index in [1.807, 2.05) is 6.20 Å². The Morgan fingerprint density at radius 2 is 2.25 bits per heavy atom. The van der Waals surface area contributed by atoms with Crippen LogP contribution in [0.2, 0.25) is 0 Å². The van der Waals surface area contributed by atoms with Crippen LogP contribution < -0.4 is 5.32 Å². The fraction of sp³-hybridized carbons (Fsp3) is 0.769. The number of nitrogens with zero attached hydrogens (tertiary/aromatic N) is 2. The number of hydrogen-bond acceptors (Lipinski definition) is 2. The van der Waals surface area contributed by atoms with Gasteiger partial charge < -0.3 is 9.88 Å². The molecule has 0 bridgehead atoms. The Labute approximate surface area is 99.3 Å². The molecule has 92 valence electrons. The van der Waals surface area contributed by atoms with Crippen molar-refractivity contribution in [1.82, 2.24) is 14.9 Å². The first-order valence-electron chi connectivity index (χ1n) is 6.44. The van der Waals surface area contributed by atoms with E-state index in [0.717, 1.165) is 32.0 Å². The van der Waals surface area contributed by atoms with Crippen molar-refractivity contribution in [3.8, 4) is 0 Å². The Morgan fingerprint density at radius 1 is 1.44 bits per heavy atom. The third kappa shape index (κ3) is 4.79. The molecular formula is C13H25N3. The monoisotopic (exact) mass is 223 g/mol. The van der Waals surface area contributed by atoms with E-state index in [9.17, 15) is 0 Å². The van der Waals surface area contributed by atoms with E-state index in [1.54, 1.807) is 0 Å². The van der Waals surface area contributed by atoms with E-state index in [4.69, 9.17) is 0 Å². The SMILES string of the molecule is CCCc1nccn1CCCNCC(C)C. The van der Waals surface area contributed by atoms with Gasteiger partial charge in [-0.2, -0.15) is 0 Å². The third-order valence-electron chi connectivity index (χ3n) is 2.58. The number of hydrogen-bond donors (Lipinski definition) is 1. The maximum Gasteiger partial charge on any atom is 0.108 e. The number of aryl methyl sites for hydroxylation is 2. The lowest BCUT2D eigenvalue weighted by atomic mass is 10.2. The molecule has 0 unspecified atom stereocenters. The van der Waals surface area contributed by atoms with Gasteiger partial charge in [-0.25, -0.2) is 4.98 Å². The van der Waals surface area contributed by atoms with Gasteiger partial charge in [0.1, 0.15) is 5.82 Å². The molecule has 0 aliphatic carbocycles. The second-order valence-electron chi connectivity index (χ2n) is 4.74. The molecule has 0 fully saturated rings. The smallest absolute Gasteiger partial charge is 0.108 e. The molecule has 0 aliphatic heterocycles. The zero-order chi connectivity index (χ0) is 11.8. The predicted molar refractivity (Wildman–Crippen MR) is 68.5 cm³/mol. The Morgan fingerprint density at radius 3 is 2.94 bits per heavy atom. The summed E-state index contributed by atoms with van der Waals surface area (Å²) in [6.45, 7) is 9.97. The van der Waals surface area contributed by atoms with Crippen LogP contribution in [0, 0.1) is 5.92 Å². The van der Waals surface area contributed by atoms with Crippen molar-refractivity contribution in [3.05, 3.63) is 18.2 Å². The van der Waals surface area contributed by atoms with Crippen LogP contribution in [-0.4, -0.2) is 22.6 Å². The van der Waals surface area contributed by atoms with Gasteiger partial charge in [0, 0.05) is 25.4 Å². The molecule has 0 aromatic carbocycles. The van der Waals surface area contributed by atoms with Gasteiger partial charge in [-0.3, -0.25) is 0 Å². The maximum atomic E-state index is 4.38. The lowest BCUT2D eigenvalue weighted by Gasteiger charge is -2.09. The predicted octanol–water partition coefficient (Wildman–Crippen LogP) is 2.47. The summed E-state index contributed by atoms with van der Waals surface area (Å²) < 4.78 is 2.28. The molecule has 0 atom stereocenters. The molecule has 1 aromatic heterocycles. The summed E-state index contributed by atoms with van der Waals surface area (Å²) in [5.41, 5.74) is 0. The van der Waals surface area contributed by atoms with E-state index in [1.165, 1.54) is 18.7 Å². The minimum absolute atomic E-state index is 0.740. The minimum Gasteiger partial charge on any atom is -0.335 e. The van der Waals surface area contributed by atoms with Gasteiger partial charge in [-0.1, -0.05) is 20.8 Å². The Balaban J connectivity index is 2.18. The van der Waals surface area contributed by atoms with Crippen molar-refractivity contribution in [3.63, 3.8) is 0 Å². The second kappa shape index (κ2) is 7.44. The molecule has 1 N–H and O–H groups in total. The summed E-state index contributed by atoms with van der Waals surface area (Å²) >= 11 is 0. The van der Waals surface area contributed by atoms with Crippen molar-refractivity contribution in [2.75, 3.05) is 13.1 Å². The first-order valence-corrected chi connectivity index (χ1v) is 6.44. The van der Waals surface area contributed by atoms with Crippen LogP contribution in [0.5, 0.6) is 0 Å². The molecule has 16 heavy (non-hydrogen) atoms. The van der Waals surface area contributed by atoms with Crippen molar-refractivity contribution in [2.45, 2.75) is 46.6 Å². The molecule has 3 heteroatoms. The van der Waals surface area contributed by atoms with Gasteiger partial charge in [0.15, 0.2) is 0 Å². The van der Waals surface area contributed by atoms with E-state index in [-0.39, 0.29) is 0 Å². The zero-order valence-electron chi connectivity index (χ0n) is 10.9. The van der Waals surface area contributed by atoms with Crippen LogP contribution in [0.15, 0.2) is 12.4 Å². The summed E-state index contributed by atoms with van der Waals surface area (Å²) in [6.07, 6.45) is 7.44. The van der Waals surface area contributed by atoms with Crippen LogP contribution in [-0.2, 0) is 13.0 Å². The van der Waals surface area contributed by atoms with E-state index < -0.39 is 0 Å². The molecule has 0 spiro atoms. The van der Waals surface area contributed by atoms with Crippen LogP contribution in [0.1, 0.15) is 39.4 Å². The maximum absolute atomic E-state index is 4.38. The van der Waals surface area contributed by atoms with Crippen molar-refractivity contribution >= 4 is 0 Å². The van der Waals surface area contributed by atoms with E-state index in [2.05, 4.69) is 41.8 Å². The van der Waals surface area contributed by atoms with Crippen molar-refractivity contribution in [2.24, 2.45) is 5.92 Å². The first kappa shape index (κ1) is 13.2. The van der Waals surface area contributed by atoms with Gasteiger partial charge in [0.2, 0.25) is 0 Å². The summed E-state index contributed by atoms with van der Waals surface area (Å²) in [6, 6.07) is 0. The fourth-order valence-electron chi connectivity index (χ4n) is 1.76. The molecule has 0 saturated heterocycles. The van der Waals surface area contributed by atoms with Crippen molar-refractivity contribution in [1.29, 1.82) is 0 Å². The van der Waals surface area contributed by atoms with Gasteiger partial charge >= 0.3 is 0 Å². The normalized spacial score (nSPS) is 11.2. The quantitative estimate of drug-likeness (QED) is 0.686. The topological polar surface area (TPSA) is 29.9 Å². The van der Waals surface area contributed by atoms with Gasteiger partial charge in [0.25, 0.3) is 0 Å². The zero-order valence-corrected chi connectivity index (χ0v) is 10.9. The minimum atomic E-state index is 0.740. The number of nitrogens with one attached hydrogen (secondary N) is 1. The highest BCUT2D eigenvalue weighted by atomic mass is 15.1. The van der Waals surface area contributed by atoms with Crippen molar-refractivity contribution < 1.29 is 0 Å². The third-order valence-corrected chi connectivity index (χ3v) is 2.58. The molecule has 1 heterocycles. The van der Waals surface area contributed by atoms with Crippen LogP contribution in [0.25, 0.3) is 0 Å². The van der Waals surface area contributed by atoms with Gasteiger partial charge in [-0.15, -0.1) is 0 Å². The van der Waals surface area contributed by atoms with E-state index in [0.29, 0.717) is 0 Å². The van der Waals surface area contributed by atoms with E-state index >= 15 is 0 Å². The standard InChI is InChI=1S/C13H25N3/c1-4-6-13-15-8-10-16(13)9-5-7-14-11-12(2)3/h8,10,12,14H,4-7,9,11H2,1-3H3. The van der Waals surface area contributed by atoms with Gasteiger partial charge in [-0.05, 0) is 31.8 Å². The summed E-state index contributed by atoms with van der Waals surface area (Å²) in [5.74, 6) is 1.97. The highest BCUT2D eigenvalue weighted by Crippen LogP contribution is 2.02. The lowest BCUT2D eigenvalue weighted by molar-refractivity contribution is 0.515. The fourth-order valence-corrected chi connectivity index (χ4v) is 1.76. The Hall–Kier alpha value is -0.830. The molecule has 0 aliphatic rings. The summed E-state index contributed by atoms with van der Waals surface area (Å²) in [4.78, 5) is 4.38. The number of aromatic nitrogens is 2. The molecule has 0 radical (unpaired) electrons. The molecular weight excluding hydrogens is 198 g/mol.